The third-order valence-electron chi connectivity index (χ3n) is 6.77. The van der Waals surface area contributed by atoms with Gasteiger partial charge in [-0.05, 0) is 36.1 Å². The van der Waals surface area contributed by atoms with Crippen molar-refractivity contribution in [2.45, 2.75) is 44.7 Å². The largest absolute Gasteiger partial charge is 0.457 e. The molecule has 3 heterocycles. The van der Waals surface area contributed by atoms with Gasteiger partial charge in [0.2, 0.25) is 0 Å². The van der Waals surface area contributed by atoms with Crippen molar-refractivity contribution in [1.82, 2.24) is 9.80 Å². The Hall–Kier alpha value is -2.90. The third kappa shape index (κ3) is 3.68. The summed E-state index contributed by atoms with van der Waals surface area (Å²) in [6.45, 7) is 4.33. The Bertz CT molecular complexity index is 1010. The molecule has 0 saturated carbocycles. The Morgan fingerprint density at radius 2 is 2.00 bits per heavy atom. The number of hydrogen-bond acceptors (Lipinski definition) is 6. The van der Waals surface area contributed by atoms with Crippen molar-refractivity contribution in [3.05, 3.63) is 70.3 Å². The van der Waals surface area contributed by atoms with Crippen LogP contribution in [-0.2, 0) is 22.7 Å². The highest BCUT2D eigenvalue weighted by atomic mass is 16.6. The summed E-state index contributed by atoms with van der Waals surface area (Å²) in [5.74, 6) is -0.296. The molecule has 2 fully saturated rings. The van der Waals surface area contributed by atoms with Crippen molar-refractivity contribution in [2.75, 3.05) is 19.6 Å². The molecule has 162 valence electrons. The lowest BCUT2D eigenvalue weighted by atomic mass is 9.95. The van der Waals surface area contributed by atoms with Gasteiger partial charge in [-0.3, -0.25) is 4.90 Å². The van der Waals surface area contributed by atoms with E-state index in [0.717, 1.165) is 35.2 Å². The Labute approximate surface area is 181 Å². The third-order valence-corrected chi connectivity index (χ3v) is 6.77. The van der Waals surface area contributed by atoms with E-state index < -0.39 is 6.10 Å². The lowest BCUT2D eigenvalue weighted by Gasteiger charge is -2.34. The van der Waals surface area contributed by atoms with E-state index in [4.69, 9.17) is 9.47 Å². The van der Waals surface area contributed by atoms with Gasteiger partial charge >= 0.3 is 12.1 Å². The van der Waals surface area contributed by atoms with Crippen LogP contribution >= 0.6 is 0 Å². The average molecular weight is 422 g/mol. The fraction of sp³-hybridized carbons (Fsp3) is 0.417. The molecule has 31 heavy (non-hydrogen) atoms. The van der Waals surface area contributed by atoms with Gasteiger partial charge < -0.3 is 19.5 Å². The standard InChI is InChI=1S/C24H26N2O5/c1-15-19(7-8-20-21(15)14-30-23(20)28)22(27)12-25-10-18-9-17(25)11-26(18)24(29)31-13-16-5-3-2-4-6-16/h2-8,17-18,22,27H,9-14H2,1H3. The number of carbonyl (C=O) groups excluding carboxylic acids is 2. The molecule has 3 unspecified atom stereocenters. The SMILES string of the molecule is Cc1c(C(O)CN2CC3CC2CN3C(=O)OCc2ccccc2)ccc2c1COC2=O. The fourth-order valence-corrected chi connectivity index (χ4v) is 5.05. The van der Waals surface area contributed by atoms with E-state index in [0.29, 0.717) is 18.7 Å². The topological polar surface area (TPSA) is 79.3 Å². The second-order valence-corrected chi connectivity index (χ2v) is 8.59. The van der Waals surface area contributed by atoms with Gasteiger partial charge in [0.15, 0.2) is 0 Å². The van der Waals surface area contributed by atoms with Gasteiger partial charge in [-0.25, -0.2) is 9.59 Å². The normalized spacial score (nSPS) is 23.0. The molecule has 0 radical (unpaired) electrons. The van der Waals surface area contributed by atoms with Crippen LogP contribution in [-0.4, -0.2) is 58.7 Å². The predicted octanol–water partition coefficient (Wildman–Crippen LogP) is 2.79. The van der Waals surface area contributed by atoms with E-state index >= 15 is 0 Å². The number of nitrogens with zero attached hydrogens (tertiary/aromatic N) is 2. The maximum atomic E-state index is 12.5. The molecule has 2 aromatic carbocycles. The summed E-state index contributed by atoms with van der Waals surface area (Å²) in [5.41, 5.74) is 4.20. The van der Waals surface area contributed by atoms with Crippen LogP contribution in [0.5, 0.6) is 0 Å². The van der Waals surface area contributed by atoms with Gasteiger partial charge in [0.25, 0.3) is 0 Å². The smallest absolute Gasteiger partial charge is 0.410 e. The highest BCUT2D eigenvalue weighted by molar-refractivity contribution is 5.93. The Kier molecular flexibility index (Phi) is 5.16. The number of aliphatic hydroxyl groups excluding tert-OH is 1. The van der Waals surface area contributed by atoms with Crippen LogP contribution in [0.2, 0.25) is 0 Å². The van der Waals surface area contributed by atoms with Crippen molar-refractivity contribution >= 4 is 12.1 Å². The molecule has 0 spiro atoms. The number of esters is 1. The van der Waals surface area contributed by atoms with Gasteiger partial charge in [-0.1, -0.05) is 36.4 Å². The van der Waals surface area contributed by atoms with Gasteiger partial charge in [0.1, 0.15) is 13.2 Å². The zero-order chi connectivity index (χ0) is 21.5. The van der Waals surface area contributed by atoms with Gasteiger partial charge in [0.05, 0.1) is 11.7 Å². The number of cyclic esters (lactones) is 1. The molecule has 2 saturated heterocycles. The van der Waals surface area contributed by atoms with Crippen molar-refractivity contribution in [3.8, 4) is 0 Å². The number of likely N-dealkylation sites (tertiary alicyclic amines) is 2. The summed E-state index contributed by atoms with van der Waals surface area (Å²) in [6.07, 6.45) is -0.0203. The Balaban J connectivity index is 1.18. The zero-order valence-electron chi connectivity index (χ0n) is 17.5. The van der Waals surface area contributed by atoms with Crippen molar-refractivity contribution < 1.29 is 24.2 Å². The molecule has 7 nitrogen and oxygen atoms in total. The van der Waals surface area contributed by atoms with Crippen LogP contribution in [0.15, 0.2) is 42.5 Å². The molecule has 0 aliphatic carbocycles. The number of β-amino-alcohol motifs (C(OH)–C–C–N with tert-alkyl or cyclic N) is 1. The first kappa shape index (κ1) is 20.0. The Morgan fingerprint density at radius 1 is 1.19 bits per heavy atom. The number of benzene rings is 2. The number of aliphatic hydroxyl groups is 1. The first-order chi connectivity index (χ1) is 15.0. The molecule has 1 amide bonds. The van der Waals surface area contributed by atoms with Crippen molar-refractivity contribution in [2.24, 2.45) is 0 Å². The van der Waals surface area contributed by atoms with Crippen LogP contribution in [0.1, 0.15) is 45.1 Å². The van der Waals surface area contributed by atoms with E-state index in [1.54, 1.807) is 6.07 Å². The summed E-state index contributed by atoms with van der Waals surface area (Å²) in [4.78, 5) is 28.4. The molecule has 3 atom stereocenters. The summed E-state index contributed by atoms with van der Waals surface area (Å²) < 4.78 is 10.6. The van der Waals surface area contributed by atoms with E-state index in [1.165, 1.54) is 0 Å². The molecule has 0 aromatic heterocycles. The first-order valence-electron chi connectivity index (χ1n) is 10.7. The summed E-state index contributed by atoms with van der Waals surface area (Å²) in [7, 11) is 0. The Morgan fingerprint density at radius 3 is 2.74 bits per heavy atom. The average Bonchev–Trinajstić information content (AvgIpc) is 3.48. The maximum absolute atomic E-state index is 12.5. The minimum Gasteiger partial charge on any atom is -0.457 e. The highest BCUT2D eigenvalue weighted by Gasteiger charge is 2.46. The second-order valence-electron chi connectivity index (χ2n) is 8.59. The van der Waals surface area contributed by atoms with Gasteiger partial charge in [-0.2, -0.15) is 0 Å². The molecule has 3 aliphatic rings. The first-order valence-corrected chi connectivity index (χ1v) is 10.7. The molecular formula is C24H26N2O5. The molecular weight excluding hydrogens is 396 g/mol. The number of piperazine rings is 1. The van der Waals surface area contributed by atoms with Gasteiger partial charge in [0, 0.05) is 37.3 Å². The quantitative estimate of drug-likeness (QED) is 0.747. The number of ether oxygens (including phenoxy) is 2. The molecule has 3 aliphatic heterocycles. The maximum Gasteiger partial charge on any atom is 0.410 e. The summed E-state index contributed by atoms with van der Waals surface area (Å²) in [6, 6.07) is 13.6. The van der Waals surface area contributed by atoms with Gasteiger partial charge in [-0.15, -0.1) is 0 Å². The summed E-state index contributed by atoms with van der Waals surface area (Å²) in [5, 5.41) is 10.9. The van der Waals surface area contributed by atoms with E-state index in [-0.39, 0.29) is 37.4 Å². The molecule has 1 N–H and O–H groups in total. The van der Waals surface area contributed by atoms with E-state index in [1.807, 2.05) is 48.2 Å². The van der Waals surface area contributed by atoms with Crippen LogP contribution in [0, 0.1) is 6.92 Å². The number of carbonyl (C=O) groups is 2. The predicted molar refractivity (Wildman–Crippen MR) is 112 cm³/mol. The highest BCUT2D eigenvalue weighted by Crippen LogP contribution is 2.34. The van der Waals surface area contributed by atoms with Crippen LogP contribution in [0.25, 0.3) is 0 Å². The number of fused-ring (bicyclic) bond motifs is 3. The van der Waals surface area contributed by atoms with Crippen molar-refractivity contribution in [3.63, 3.8) is 0 Å². The minimum atomic E-state index is -0.654. The zero-order valence-corrected chi connectivity index (χ0v) is 17.5. The monoisotopic (exact) mass is 422 g/mol. The second kappa shape index (κ2) is 7.98. The number of hydrogen-bond donors (Lipinski definition) is 1. The fourth-order valence-electron chi connectivity index (χ4n) is 5.05. The summed E-state index contributed by atoms with van der Waals surface area (Å²) >= 11 is 0. The van der Waals surface area contributed by atoms with E-state index in [9.17, 15) is 14.7 Å². The number of amides is 1. The molecule has 2 bridgehead atoms. The van der Waals surface area contributed by atoms with E-state index in [2.05, 4.69) is 4.90 Å². The molecule has 2 aromatic rings. The van der Waals surface area contributed by atoms with Crippen LogP contribution in [0.3, 0.4) is 0 Å². The number of rotatable bonds is 5. The minimum absolute atomic E-state index is 0.118. The lowest BCUT2D eigenvalue weighted by molar-refractivity contribution is 0.0512. The molecule has 5 rings (SSSR count). The van der Waals surface area contributed by atoms with Crippen LogP contribution in [0.4, 0.5) is 4.79 Å². The lowest BCUT2D eigenvalue weighted by Crippen LogP contribution is -2.49. The van der Waals surface area contributed by atoms with Crippen molar-refractivity contribution in [1.29, 1.82) is 0 Å². The molecule has 7 heteroatoms. The van der Waals surface area contributed by atoms with Crippen LogP contribution < -0.4 is 0 Å².